The van der Waals surface area contributed by atoms with Crippen molar-refractivity contribution in [1.82, 2.24) is 10.2 Å². The lowest BCUT2D eigenvalue weighted by Gasteiger charge is -2.42. The van der Waals surface area contributed by atoms with Gasteiger partial charge >= 0.3 is 5.97 Å². The standard InChI is InChI=1S/C29H33N3O5S/c1-18-12-25(38(30,36)37)10-11-26(18)24-5-3-4-20(13-24)16-32-17-21-14-29(32,15-21)28(35)31-19(2)22-6-8-23(9-7-22)27(33)34/h3-12,19-21H,13-17H2,1-2H3,(H,31,35)(H,33,34)(H2,30,36,37)/t19-,20?,21?,29?/m0/s1. The molecule has 1 saturated carbocycles. The van der Waals surface area contributed by atoms with Gasteiger partial charge in [-0.1, -0.05) is 36.4 Å². The second-order valence-corrected chi connectivity index (χ2v) is 12.5. The molecule has 3 fully saturated rings. The number of hydrogen-bond acceptors (Lipinski definition) is 5. The molecular formula is C29H33N3O5S. The zero-order valence-electron chi connectivity index (χ0n) is 21.6. The summed E-state index contributed by atoms with van der Waals surface area (Å²) < 4.78 is 23.4. The molecule has 200 valence electrons. The molecule has 2 saturated heterocycles. The van der Waals surface area contributed by atoms with Gasteiger partial charge in [0.1, 0.15) is 5.54 Å². The van der Waals surface area contributed by atoms with E-state index in [1.807, 2.05) is 26.0 Å². The molecule has 2 bridgehead atoms. The third kappa shape index (κ3) is 4.93. The first-order chi connectivity index (χ1) is 18.0. The maximum atomic E-state index is 13.5. The van der Waals surface area contributed by atoms with Gasteiger partial charge in [0.2, 0.25) is 15.9 Å². The predicted molar refractivity (Wildman–Crippen MR) is 145 cm³/mol. The van der Waals surface area contributed by atoms with E-state index in [0.29, 0.717) is 5.92 Å². The number of amides is 1. The van der Waals surface area contributed by atoms with Gasteiger partial charge in [0.15, 0.2) is 0 Å². The Hall–Kier alpha value is -3.27. The number of primary sulfonamides is 1. The van der Waals surface area contributed by atoms with Crippen LogP contribution in [-0.4, -0.2) is 48.9 Å². The number of hydrogen-bond donors (Lipinski definition) is 3. The Morgan fingerprint density at radius 1 is 1.18 bits per heavy atom. The van der Waals surface area contributed by atoms with Gasteiger partial charge in [0.05, 0.1) is 16.5 Å². The van der Waals surface area contributed by atoms with Crippen LogP contribution < -0.4 is 10.5 Å². The van der Waals surface area contributed by atoms with Gasteiger partial charge in [-0.2, -0.15) is 0 Å². The van der Waals surface area contributed by atoms with Crippen LogP contribution in [0.25, 0.3) is 5.57 Å². The lowest BCUT2D eigenvalue weighted by molar-refractivity contribution is -0.135. The number of nitrogens with one attached hydrogen (secondary N) is 1. The fraction of sp³-hybridized carbons (Fsp3) is 0.379. The third-order valence-electron chi connectivity index (χ3n) is 8.25. The highest BCUT2D eigenvalue weighted by molar-refractivity contribution is 7.89. The zero-order valence-corrected chi connectivity index (χ0v) is 22.4. The van der Waals surface area contributed by atoms with E-state index in [0.717, 1.165) is 54.6 Å². The molecule has 0 radical (unpaired) electrons. The first kappa shape index (κ1) is 26.3. The fourth-order valence-corrected chi connectivity index (χ4v) is 6.80. The highest BCUT2D eigenvalue weighted by Gasteiger charge is 2.60. The Morgan fingerprint density at radius 2 is 1.89 bits per heavy atom. The molecule has 4 aliphatic rings. The summed E-state index contributed by atoms with van der Waals surface area (Å²) in [5, 5.41) is 17.6. The number of fused-ring (bicyclic) bond motifs is 1. The van der Waals surface area contributed by atoms with Gasteiger partial charge in [-0.3, -0.25) is 9.69 Å². The molecule has 1 unspecified atom stereocenters. The van der Waals surface area contributed by atoms with Crippen LogP contribution in [0.1, 0.15) is 59.3 Å². The number of rotatable bonds is 8. The SMILES string of the molecule is Cc1cc(S(N)(=O)=O)ccc1C1=CC=CC(CN2CC3CC2(C(=O)N[C@@H](C)c2ccc(C(=O)O)cc2)C3)C1. The minimum absolute atomic E-state index is 0.0334. The maximum absolute atomic E-state index is 13.5. The minimum atomic E-state index is -3.75. The molecule has 2 aliphatic carbocycles. The lowest BCUT2D eigenvalue weighted by atomic mass is 9.72. The second-order valence-electron chi connectivity index (χ2n) is 10.9. The minimum Gasteiger partial charge on any atom is -0.478 e. The molecule has 2 heterocycles. The first-order valence-electron chi connectivity index (χ1n) is 12.9. The molecule has 9 heteroatoms. The number of carbonyl (C=O) groups is 2. The van der Waals surface area contributed by atoms with Crippen LogP contribution in [0.4, 0.5) is 0 Å². The highest BCUT2D eigenvalue weighted by Crippen LogP contribution is 2.51. The summed E-state index contributed by atoms with van der Waals surface area (Å²) in [5.41, 5.74) is 3.60. The van der Waals surface area contributed by atoms with Crippen LogP contribution in [0.15, 0.2) is 65.6 Å². The number of carboxylic acid groups (broad SMARTS) is 1. The van der Waals surface area contributed by atoms with Crippen molar-refractivity contribution in [1.29, 1.82) is 0 Å². The van der Waals surface area contributed by atoms with Crippen molar-refractivity contribution in [3.8, 4) is 0 Å². The Kier molecular flexibility index (Phi) is 6.79. The van der Waals surface area contributed by atoms with Gasteiger partial charge in [-0.05, 0) is 91.5 Å². The van der Waals surface area contributed by atoms with Gasteiger partial charge in [-0.15, -0.1) is 0 Å². The molecule has 6 rings (SSSR count). The van der Waals surface area contributed by atoms with E-state index >= 15 is 0 Å². The number of sulfonamides is 1. The Balaban J connectivity index is 1.25. The highest BCUT2D eigenvalue weighted by atomic mass is 32.2. The van der Waals surface area contributed by atoms with Gasteiger partial charge in [-0.25, -0.2) is 18.4 Å². The summed E-state index contributed by atoms with van der Waals surface area (Å²) in [6.45, 7) is 5.49. The number of aromatic carboxylic acids is 1. The third-order valence-corrected chi connectivity index (χ3v) is 9.17. The molecule has 2 aromatic rings. The van der Waals surface area contributed by atoms with Crippen LogP contribution in [0.5, 0.6) is 0 Å². The van der Waals surface area contributed by atoms with Crippen molar-refractivity contribution in [2.45, 2.75) is 49.6 Å². The molecule has 2 aromatic carbocycles. The van der Waals surface area contributed by atoms with Crippen molar-refractivity contribution >= 4 is 27.5 Å². The number of carboxylic acids is 1. The van der Waals surface area contributed by atoms with Gasteiger partial charge < -0.3 is 10.4 Å². The quantitative estimate of drug-likeness (QED) is 0.473. The molecule has 2 atom stereocenters. The lowest BCUT2D eigenvalue weighted by Crippen LogP contribution is -2.58. The van der Waals surface area contributed by atoms with E-state index in [1.54, 1.807) is 36.4 Å². The van der Waals surface area contributed by atoms with Crippen molar-refractivity contribution < 1.29 is 23.1 Å². The van der Waals surface area contributed by atoms with Crippen LogP contribution >= 0.6 is 0 Å². The maximum Gasteiger partial charge on any atom is 0.335 e. The average Bonchev–Trinajstić information content (AvgIpc) is 3.39. The van der Waals surface area contributed by atoms with Crippen molar-refractivity contribution in [3.05, 3.63) is 82.9 Å². The zero-order chi connectivity index (χ0) is 27.2. The summed E-state index contributed by atoms with van der Waals surface area (Å²) in [5.74, 6) is -0.176. The molecule has 0 aromatic heterocycles. The number of nitrogens with zero attached hydrogens (tertiary/aromatic N) is 1. The smallest absolute Gasteiger partial charge is 0.335 e. The summed E-state index contributed by atoms with van der Waals surface area (Å²) >= 11 is 0. The van der Waals surface area contributed by atoms with E-state index in [4.69, 9.17) is 10.2 Å². The fourth-order valence-electron chi connectivity index (χ4n) is 6.21. The van der Waals surface area contributed by atoms with Gasteiger partial charge in [0, 0.05) is 13.1 Å². The van der Waals surface area contributed by atoms with E-state index in [1.165, 1.54) is 0 Å². The monoisotopic (exact) mass is 535 g/mol. The topological polar surface area (TPSA) is 130 Å². The van der Waals surface area contributed by atoms with E-state index in [2.05, 4.69) is 22.4 Å². The van der Waals surface area contributed by atoms with Crippen molar-refractivity contribution in [3.63, 3.8) is 0 Å². The van der Waals surface area contributed by atoms with Crippen molar-refractivity contribution in [2.24, 2.45) is 17.0 Å². The average molecular weight is 536 g/mol. The van der Waals surface area contributed by atoms with Crippen LogP contribution in [0, 0.1) is 18.8 Å². The van der Waals surface area contributed by atoms with Crippen LogP contribution in [0.3, 0.4) is 0 Å². The summed E-state index contributed by atoms with van der Waals surface area (Å²) in [7, 11) is -3.75. The van der Waals surface area contributed by atoms with Crippen LogP contribution in [-0.2, 0) is 14.8 Å². The normalized spacial score (nSPS) is 25.4. The number of carbonyl (C=O) groups excluding carboxylic acids is 1. The Bertz CT molecular complexity index is 1440. The molecule has 38 heavy (non-hydrogen) atoms. The molecule has 2 aliphatic heterocycles. The van der Waals surface area contributed by atoms with E-state index in [-0.39, 0.29) is 28.3 Å². The van der Waals surface area contributed by atoms with Gasteiger partial charge in [0.25, 0.3) is 0 Å². The van der Waals surface area contributed by atoms with E-state index < -0.39 is 21.5 Å². The van der Waals surface area contributed by atoms with Crippen molar-refractivity contribution in [2.75, 3.05) is 13.1 Å². The second kappa shape index (κ2) is 9.80. The Labute approximate surface area is 223 Å². The molecule has 0 spiro atoms. The molecule has 8 nitrogen and oxygen atoms in total. The van der Waals surface area contributed by atoms with Crippen LogP contribution in [0.2, 0.25) is 0 Å². The largest absolute Gasteiger partial charge is 0.478 e. The Morgan fingerprint density at radius 3 is 2.53 bits per heavy atom. The molecule has 1 amide bonds. The number of aryl methyl sites for hydroxylation is 1. The number of benzene rings is 2. The predicted octanol–water partition coefficient (Wildman–Crippen LogP) is 3.64. The summed E-state index contributed by atoms with van der Waals surface area (Å²) in [6, 6.07) is 11.4. The molecular weight excluding hydrogens is 502 g/mol. The first-order valence-corrected chi connectivity index (χ1v) is 14.4. The summed E-state index contributed by atoms with van der Waals surface area (Å²) in [4.78, 5) is 27.1. The molecule has 4 N–H and O–H groups in total. The number of nitrogens with two attached hydrogens (primary N) is 1. The summed E-state index contributed by atoms with van der Waals surface area (Å²) in [6.07, 6.45) is 8.82. The number of allylic oxidation sites excluding steroid dienone is 3. The van der Waals surface area contributed by atoms with E-state index in [9.17, 15) is 18.0 Å².